The molecule has 0 saturated heterocycles. The molecule has 14 rings (SSSR count). The van der Waals surface area contributed by atoms with Gasteiger partial charge in [0.05, 0.1) is 18.6 Å². The first kappa shape index (κ1) is 72.7. The SMILES string of the molecule is CCCCCCc1ccc(-c2nc(-c3ccc(C)cc3)nc(-c3ccc(-c4ccc(N(c5ccc(-c6ccc7c(c6)C(c6ccc(OCCC)cc6)(c6ccc(OCCOCC)cc6)c6cc(C)ccc6-7)cc5)c5ccc(N(c6ccc(CCCC)cc6)c6ccc(CCCC)cc6)cc5)cc4)cc3)n2)cc1. The third-order valence-corrected chi connectivity index (χ3v) is 21.0. The van der Waals surface area contributed by atoms with Crippen molar-refractivity contribution in [2.45, 2.75) is 131 Å². The van der Waals surface area contributed by atoms with Gasteiger partial charge in [-0.05, 0) is 241 Å². The van der Waals surface area contributed by atoms with Crippen LogP contribution < -0.4 is 19.3 Å². The van der Waals surface area contributed by atoms with Crippen LogP contribution in [0.4, 0.5) is 34.1 Å². The highest BCUT2D eigenvalue weighted by atomic mass is 16.5. The van der Waals surface area contributed by atoms with Crippen molar-refractivity contribution in [1.29, 1.82) is 0 Å². The highest BCUT2D eigenvalue weighted by Crippen LogP contribution is 2.58. The van der Waals surface area contributed by atoms with Crippen LogP contribution in [0.1, 0.15) is 142 Å². The molecule has 0 saturated carbocycles. The van der Waals surface area contributed by atoms with Crippen LogP contribution in [0.2, 0.25) is 0 Å². The smallest absolute Gasteiger partial charge is 0.164 e. The van der Waals surface area contributed by atoms with Crippen molar-refractivity contribution >= 4 is 34.1 Å². The van der Waals surface area contributed by atoms with Crippen LogP contribution in [-0.4, -0.2) is 41.4 Å². The maximum atomic E-state index is 6.24. The molecule has 1 aliphatic carbocycles. The second-order valence-corrected chi connectivity index (χ2v) is 28.6. The fourth-order valence-corrected chi connectivity index (χ4v) is 15.1. The van der Waals surface area contributed by atoms with Gasteiger partial charge in [0, 0.05) is 57.4 Å². The number of fused-ring (bicyclic) bond motifs is 3. The van der Waals surface area contributed by atoms with E-state index < -0.39 is 5.41 Å². The molecule has 1 atom stereocenters. The molecule has 0 radical (unpaired) electrons. The summed E-state index contributed by atoms with van der Waals surface area (Å²) < 4.78 is 18.1. The van der Waals surface area contributed by atoms with Crippen LogP contribution >= 0.6 is 0 Å². The standard InChI is InChI=1S/C99H99N5O3/c1-8-13-16-17-20-74-24-32-79(33-25-74)97-100-96(78-30-21-70(6)22-31-78)101-98(102-97)80-36-34-75(35-37-80)76-38-51-86(52-39-76)104(89-57-55-88(56-58-89)103(84-47-26-72(27-48-84)18-14-9-2)85-49-28-73(29-50-85)19-15-10-3)87-53-40-77(41-54-87)81-42-64-93-92-63-23-71(7)68-94(92)99(95(93)69-81,82-43-59-90(60-44-82)106-65-11-4)83-45-61-91(62-46-83)107-67-66-105-12-5/h21-64,68-69H,8-20,65-67H2,1-7H3. The maximum absolute atomic E-state index is 6.24. The van der Waals surface area contributed by atoms with Crippen LogP contribution in [-0.2, 0) is 29.4 Å². The van der Waals surface area contributed by atoms with Crippen molar-refractivity contribution in [1.82, 2.24) is 15.0 Å². The molecule has 1 heterocycles. The molecule has 8 heteroatoms. The van der Waals surface area contributed by atoms with Gasteiger partial charge in [-0.3, -0.25) is 0 Å². The predicted octanol–water partition coefficient (Wildman–Crippen LogP) is 26.1. The zero-order valence-electron chi connectivity index (χ0n) is 63.3. The van der Waals surface area contributed by atoms with Gasteiger partial charge in [0.2, 0.25) is 0 Å². The monoisotopic (exact) mass is 1410 g/mol. The van der Waals surface area contributed by atoms with Gasteiger partial charge >= 0.3 is 0 Å². The summed E-state index contributed by atoms with van der Waals surface area (Å²) in [6.45, 7) is 17.6. The largest absolute Gasteiger partial charge is 0.494 e. The zero-order chi connectivity index (χ0) is 73.5. The molecule has 0 spiro atoms. The quantitative estimate of drug-likeness (QED) is 0.0386. The summed E-state index contributed by atoms with van der Waals surface area (Å²) in [7, 11) is 0. The van der Waals surface area contributed by atoms with E-state index in [2.05, 4.69) is 330 Å². The second-order valence-electron chi connectivity index (χ2n) is 28.6. The summed E-state index contributed by atoms with van der Waals surface area (Å²) in [6, 6.07) is 103. The first-order valence-corrected chi connectivity index (χ1v) is 39.0. The average Bonchev–Trinajstić information content (AvgIpc) is 1.54. The van der Waals surface area contributed by atoms with E-state index in [9.17, 15) is 0 Å². The predicted molar refractivity (Wildman–Crippen MR) is 446 cm³/mol. The minimum absolute atomic E-state index is 0.484. The lowest BCUT2D eigenvalue weighted by Crippen LogP contribution is -2.28. The molecule has 538 valence electrons. The van der Waals surface area contributed by atoms with Crippen molar-refractivity contribution < 1.29 is 14.2 Å². The molecule has 0 fully saturated rings. The lowest BCUT2D eigenvalue weighted by molar-refractivity contribution is 0.110. The van der Waals surface area contributed by atoms with Crippen molar-refractivity contribution in [2.24, 2.45) is 0 Å². The topological polar surface area (TPSA) is 72.8 Å². The van der Waals surface area contributed by atoms with Crippen LogP contribution in [0.5, 0.6) is 11.5 Å². The molecule has 1 unspecified atom stereocenters. The summed E-state index contributed by atoms with van der Waals surface area (Å²) in [5, 5.41) is 0. The molecule has 1 aromatic heterocycles. The number of hydrogen-bond donors (Lipinski definition) is 0. The van der Waals surface area contributed by atoms with E-state index in [-0.39, 0.29) is 0 Å². The molecule has 8 nitrogen and oxygen atoms in total. The third kappa shape index (κ3) is 16.5. The van der Waals surface area contributed by atoms with Gasteiger partial charge in [0.25, 0.3) is 0 Å². The Kier molecular flexibility index (Phi) is 23.4. The van der Waals surface area contributed by atoms with Crippen LogP contribution in [0.3, 0.4) is 0 Å². The van der Waals surface area contributed by atoms with E-state index in [0.717, 1.165) is 116 Å². The number of rotatable bonds is 32. The summed E-state index contributed by atoms with van der Waals surface area (Å²) >= 11 is 0. The van der Waals surface area contributed by atoms with Gasteiger partial charge in [-0.1, -0.05) is 247 Å². The Labute approximate surface area is 634 Å². The maximum Gasteiger partial charge on any atom is 0.164 e. The number of nitrogens with zero attached hydrogens (tertiary/aromatic N) is 5. The lowest BCUT2D eigenvalue weighted by atomic mass is 9.67. The lowest BCUT2D eigenvalue weighted by Gasteiger charge is -2.34. The van der Waals surface area contributed by atoms with E-state index in [0.29, 0.717) is 43.9 Å². The molecule has 13 aromatic rings. The van der Waals surface area contributed by atoms with E-state index in [4.69, 9.17) is 29.2 Å². The number of aromatic nitrogens is 3. The van der Waals surface area contributed by atoms with E-state index in [1.165, 1.54) is 107 Å². The van der Waals surface area contributed by atoms with Crippen LogP contribution in [0.25, 0.3) is 67.5 Å². The molecule has 0 amide bonds. The van der Waals surface area contributed by atoms with Gasteiger partial charge in [-0.2, -0.15) is 0 Å². The first-order valence-electron chi connectivity index (χ1n) is 39.0. The molecule has 107 heavy (non-hydrogen) atoms. The molecule has 0 bridgehead atoms. The number of unbranched alkanes of at least 4 members (excludes halogenated alkanes) is 5. The molecule has 0 aliphatic heterocycles. The highest BCUT2D eigenvalue weighted by molar-refractivity contribution is 5.90. The summed E-state index contributed by atoms with van der Waals surface area (Å²) in [6.07, 6.45) is 13.8. The minimum Gasteiger partial charge on any atom is -0.494 e. The first-order chi connectivity index (χ1) is 52.6. The molecular weight excluding hydrogens is 1310 g/mol. The molecular formula is C99H99N5O3. The Morgan fingerprint density at radius 2 is 0.636 bits per heavy atom. The Morgan fingerprint density at radius 1 is 0.290 bits per heavy atom. The van der Waals surface area contributed by atoms with Crippen LogP contribution in [0.15, 0.2) is 279 Å². The zero-order valence-corrected chi connectivity index (χ0v) is 63.3. The van der Waals surface area contributed by atoms with E-state index >= 15 is 0 Å². The Balaban J connectivity index is 0.826. The highest BCUT2D eigenvalue weighted by Gasteiger charge is 2.46. The van der Waals surface area contributed by atoms with Crippen molar-refractivity contribution in [2.75, 3.05) is 36.2 Å². The Hall–Kier alpha value is -11.2. The number of anilines is 6. The van der Waals surface area contributed by atoms with Gasteiger partial charge < -0.3 is 24.0 Å². The third-order valence-electron chi connectivity index (χ3n) is 21.0. The summed E-state index contributed by atoms with van der Waals surface area (Å²) in [5.41, 5.74) is 26.8. The van der Waals surface area contributed by atoms with E-state index in [1.54, 1.807) is 0 Å². The Bertz CT molecular complexity index is 4990. The van der Waals surface area contributed by atoms with Gasteiger partial charge in [-0.15, -0.1) is 0 Å². The van der Waals surface area contributed by atoms with Crippen LogP contribution in [0, 0.1) is 13.8 Å². The summed E-state index contributed by atoms with van der Waals surface area (Å²) in [4.78, 5) is 20.1. The van der Waals surface area contributed by atoms with Gasteiger partial charge in [0.15, 0.2) is 17.5 Å². The van der Waals surface area contributed by atoms with Gasteiger partial charge in [-0.25, -0.2) is 15.0 Å². The number of aryl methyl sites for hydroxylation is 5. The van der Waals surface area contributed by atoms with Crippen molar-refractivity contribution in [3.05, 3.63) is 329 Å². The number of benzene rings is 12. The van der Waals surface area contributed by atoms with E-state index in [1.807, 2.05) is 6.92 Å². The number of hydrogen-bond acceptors (Lipinski definition) is 8. The fraction of sp³-hybridized carbons (Fsp3) is 0.242. The molecule has 12 aromatic carbocycles. The fourth-order valence-electron chi connectivity index (χ4n) is 15.1. The minimum atomic E-state index is -0.659. The summed E-state index contributed by atoms with van der Waals surface area (Å²) in [5.74, 6) is 3.63. The Morgan fingerprint density at radius 3 is 1.08 bits per heavy atom. The molecule has 1 aliphatic rings. The normalized spacial score (nSPS) is 12.9. The van der Waals surface area contributed by atoms with Crippen molar-refractivity contribution in [3.8, 4) is 79.0 Å². The molecule has 0 N–H and O–H groups in total. The van der Waals surface area contributed by atoms with Gasteiger partial charge in [0.1, 0.15) is 18.1 Å². The number of ether oxygens (including phenoxy) is 3. The average molecular weight is 1410 g/mol. The van der Waals surface area contributed by atoms with Crippen molar-refractivity contribution in [3.63, 3.8) is 0 Å². The second kappa shape index (κ2) is 34.4.